The van der Waals surface area contributed by atoms with E-state index in [0.29, 0.717) is 27.5 Å². The summed E-state index contributed by atoms with van der Waals surface area (Å²) in [5.74, 6) is -1.18. The van der Waals surface area contributed by atoms with E-state index in [1.165, 1.54) is 17.8 Å². The van der Waals surface area contributed by atoms with Gasteiger partial charge in [0.05, 0.1) is 10.0 Å². The van der Waals surface area contributed by atoms with Crippen molar-refractivity contribution in [3.05, 3.63) is 164 Å². The van der Waals surface area contributed by atoms with Crippen molar-refractivity contribution in [3.63, 3.8) is 0 Å². The van der Waals surface area contributed by atoms with Gasteiger partial charge in [-0.2, -0.15) is 0 Å². The van der Waals surface area contributed by atoms with Crippen molar-refractivity contribution in [2.45, 2.75) is 10.1 Å². The molecule has 0 aliphatic carbocycles. The van der Waals surface area contributed by atoms with Gasteiger partial charge in [-0.15, -0.1) is 11.8 Å². The summed E-state index contributed by atoms with van der Waals surface area (Å²) in [6.45, 7) is 0. The molecule has 1 unspecified atom stereocenters. The van der Waals surface area contributed by atoms with Crippen molar-refractivity contribution >= 4 is 86.1 Å². The number of rotatable bonds is 10. The molecule has 5 aromatic rings. The number of amides is 3. The number of thioether (sulfide) groups is 1. The molecule has 0 aromatic heterocycles. The summed E-state index contributed by atoms with van der Waals surface area (Å²) >= 11 is 17.4. The first kappa shape index (κ1) is 33.0. The van der Waals surface area contributed by atoms with Gasteiger partial charge in [-0.3, -0.25) is 14.4 Å². The number of nitrogens with one attached hydrogen (secondary N) is 3. The summed E-state index contributed by atoms with van der Waals surface area (Å²) in [6, 6.07) is 37.6. The molecule has 3 amide bonds. The quantitative estimate of drug-likeness (QED) is 0.0987. The minimum atomic E-state index is -0.559. The van der Waals surface area contributed by atoms with Crippen molar-refractivity contribution in [2.24, 2.45) is 0 Å². The lowest BCUT2D eigenvalue weighted by atomic mass is 10.1. The third kappa shape index (κ3) is 8.89. The van der Waals surface area contributed by atoms with Crippen LogP contribution in [0.5, 0.6) is 0 Å². The van der Waals surface area contributed by atoms with Gasteiger partial charge in [0, 0.05) is 26.3 Å². The standard InChI is InChI=1S/C36H26BrCl2N3O3S/c37-26-14-16-27(17-15-26)41-36(45)33(23-8-3-1-4-9-23)46-29-20-18-28(19-21-29)40-35(44)31(22-25-12-7-13-30(38)32(25)39)42-34(43)24-10-5-2-6-11-24/h1-22,33H,(H,40,44)(H,41,45)(H,42,43)/b31-22-. The van der Waals surface area contributed by atoms with E-state index in [1.54, 1.807) is 60.7 Å². The number of anilines is 2. The van der Waals surface area contributed by atoms with E-state index in [2.05, 4.69) is 31.9 Å². The molecule has 230 valence electrons. The van der Waals surface area contributed by atoms with Crippen molar-refractivity contribution in [3.8, 4) is 0 Å². The third-order valence-corrected chi connectivity index (χ3v) is 9.26. The second kappa shape index (κ2) is 15.8. The molecule has 10 heteroatoms. The molecule has 0 saturated heterocycles. The fourth-order valence-corrected chi connectivity index (χ4v) is 5.97. The molecule has 0 saturated carbocycles. The Labute approximate surface area is 289 Å². The second-order valence-electron chi connectivity index (χ2n) is 9.90. The van der Waals surface area contributed by atoms with Crippen molar-refractivity contribution in [2.75, 3.05) is 10.6 Å². The molecule has 0 bridgehead atoms. The van der Waals surface area contributed by atoms with Gasteiger partial charge >= 0.3 is 0 Å². The molecule has 5 rings (SSSR count). The van der Waals surface area contributed by atoms with Crippen LogP contribution in [-0.2, 0) is 9.59 Å². The fourth-order valence-electron chi connectivity index (χ4n) is 4.32. The molecule has 0 radical (unpaired) electrons. The second-order valence-corrected chi connectivity index (χ2v) is 12.8. The smallest absolute Gasteiger partial charge is 0.272 e. The Morgan fingerprint density at radius 1 is 0.696 bits per heavy atom. The summed E-state index contributed by atoms with van der Waals surface area (Å²) in [5, 5.41) is 8.56. The van der Waals surface area contributed by atoms with Crippen LogP contribution in [0, 0.1) is 0 Å². The minimum Gasteiger partial charge on any atom is -0.325 e. The van der Waals surface area contributed by atoms with Crippen molar-refractivity contribution < 1.29 is 14.4 Å². The Bertz CT molecular complexity index is 1870. The highest BCUT2D eigenvalue weighted by Crippen LogP contribution is 2.37. The molecule has 1 atom stereocenters. The van der Waals surface area contributed by atoms with Crippen LogP contribution in [0.4, 0.5) is 11.4 Å². The van der Waals surface area contributed by atoms with Gasteiger partial charge in [-0.1, -0.05) is 99.8 Å². The van der Waals surface area contributed by atoms with Gasteiger partial charge in [-0.25, -0.2) is 0 Å². The van der Waals surface area contributed by atoms with Crippen LogP contribution in [0.2, 0.25) is 10.0 Å². The van der Waals surface area contributed by atoms with Crippen LogP contribution < -0.4 is 16.0 Å². The zero-order valence-electron chi connectivity index (χ0n) is 24.0. The van der Waals surface area contributed by atoms with Gasteiger partial charge in [0.15, 0.2) is 0 Å². The molecule has 0 spiro atoms. The van der Waals surface area contributed by atoms with Crippen LogP contribution in [0.15, 0.2) is 142 Å². The molecular formula is C36H26BrCl2N3O3S. The van der Waals surface area contributed by atoms with Gasteiger partial charge < -0.3 is 16.0 Å². The van der Waals surface area contributed by atoms with Crippen LogP contribution >= 0.6 is 50.9 Å². The largest absolute Gasteiger partial charge is 0.325 e. The van der Waals surface area contributed by atoms with E-state index >= 15 is 0 Å². The zero-order valence-corrected chi connectivity index (χ0v) is 28.0. The molecule has 5 aromatic carbocycles. The van der Waals surface area contributed by atoms with Crippen LogP contribution in [0.25, 0.3) is 6.08 Å². The lowest BCUT2D eigenvalue weighted by molar-refractivity contribution is -0.116. The summed E-state index contributed by atoms with van der Waals surface area (Å²) < 4.78 is 0.918. The maximum atomic E-state index is 13.5. The van der Waals surface area contributed by atoms with E-state index in [4.69, 9.17) is 23.2 Å². The molecule has 46 heavy (non-hydrogen) atoms. The van der Waals surface area contributed by atoms with Gasteiger partial charge in [0.2, 0.25) is 5.91 Å². The molecule has 0 heterocycles. The number of hydrogen-bond acceptors (Lipinski definition) is 4. The minimum absolute atomic E-state index is 0.0229. The summed E-state index contributed by atoms with van der Waals surface area (Å²) in [5.41, 5.74) is 2.86. The Hall–Kier alpha value is -4.34. The highest BCUT2D eigenvalue weighted by atomic mass is 79.9. The van der Waals surface area contributed by atoms with Crippen molar-refractivity contribution in [1.82, 2.24) is 5.32 Å². The van der Waals surface area contributed by atoms with Gasteiger partial charge in [0.1, 0.15) is 10.9 Å². The molecule has 0 aliphatic heterocycles. The SMILES string of the molecule is O=C(Nc1ccc(SC(C(=O)Nc2ccc(Br)cc2)c2ccccc2)cc1)/C(=C/c1cccc(Cl)c1Cl)NC(=O)c1ccccc1. The average Bonchev–Trinajstić information content (AvgIpc) is 3.07. The monoisotopic (exact) mass is 729 g/mol. The summed E-state index contributed by atoms with van der Waals surface area (Å²) in [6.07, 6.45) is 1.48. The van der Waals surface area contributed by atoms with Crippen molar-refractivity contribution in [1.29, 1.82) is 0 Å². The van der Waals surface area contributed by atoms with E-state index in [-0.39, 0.29) is 16.6 Å². The van der Waals surface area contributed by atoms with E-state index in [0.717, 1.165) is 14.9 Å². The summed E-state index contributed by atoms with van der Waals surface area (Å²) in [4.78, 5) is 40.7. The Kier molecular flexibility index (Phi) is 11.3. The highest BCUT2D eigenvalue weighted by molar-refractivity contribution is 9.10. The van der Waals surface area contributed by atoms with Crippen LogP contribution in [-0.4, -0.2) is 17.7 Å². The van der Waals surface area contributed by atoms with E-state index in [1.807, 2.05) is 66.7 Å². The first-order valence-electron chi connectivity index (χ1n) is 14.0. The zero-order chi connectivity index (χ0) is 32.5. The molecular weight excluding hydrogens is 705 g/mol. The first-order chi connectivity index (χ1) is 22.3. The number of benzene rings is 5. The Morgan fingerprint density at radius 2 is 1.30 bits per heavy atom. The Balaban J connectivity index is 1.34. The lowest BCUT2D eigenvalue weighted by Crippen LogP contribution is -2.30. The molecule has 3 N–H and O–H groups in total. The van der Waals surface area contributed by atoms with Crippen LogP contribution in [0.3, 0.4) is 0 Å². The van der Waals surface area contributed by atoms with Crippen LogP contribution in [0.1, 0.15) is 26.7 Å². The molecule has 0 aliphatic rings. The Morgan fingerprint density at radius 3 is 1.98 bits per heavy atom. The normalized spacial score (nSPS) is 11.8. The maximum Gasteiger partial charge on any atom is 0.272 e. The average molecular weight is 731 g/mol. The molecule has 0 fully saturated rings. The summed E-state index contributed by atoms with van der Waals surface area (Å²) in [7, 11) is 0. The number of halogens is 3. The predicted molar refractivity (Wildman–Crippen MR) is 191 cm³/mol. The third-order valence-electron chi connectivity index (χ3n) is 6.63. The fraction of sp³-hybridized carbons (Fsp3) is 0.0278. The molecule has 6 nitrogen and oxygen atoms in total. The highest BCUT2D eigenvalue weighted by Gasteiger charge is 2.23. The number of hydrogen-bond donors (Lipinski definition) is 3. The van der Waals surface area contributed by atoms with Gasteiger partial charge in [0.25, 0.3) is 11.8 Å². The first-order valence-corrected chi connectivity index (χ1v) is 16.4. The lowest BCUT2D eigenvalue weighted by Gasteiger charge is -2.17. The van der Waals surface area contributed by atoms with E-state index in [9.17, 15) is 14.4 Å². The van der Waals surface area contributed by atoms with E-state index < -0.39 is 17.1 Å². The maximum absolute atomic E-state index is 13.5. The number of carbonyl (C=O) groups excluding carboxylic acids is 3. The topological polar surface area (TPSA) is 87.3 Å². The predicted octanol–water partition coefficient (Wildman–Crippen LogP) is 9.64. The van der Waals surface area contributed by atoms with Gasteiger partial charge in [-0.05, 0) is 83.9 Å². The number of carbonyl (C=O) groups is 3.